The summed E-state index contributed by atoms with van der Waals surface area (Å²) in [5, 5.41) is 26.5. The van der Waals surface area contributed by atoms with Crippen molar-refractivity contribution in [2.45, 2.75) is 116 Å². The largest absolute Gasteiger partial charge is 0.480 e. The second-order valence-electron chi connectivity index (χ2n) is 13.8. The predicted molar refractivity (Wildman–Crippen MR) is 185 cm³/mol. The number of aliphatic hydroxyl groups is 1. The van der Waals surface area contributed by atoms with Crippen LogP contribution in [-0.2, 0) is 35.9 Å². The van der Waals surface area contributed by atoms with Gasteiger partial charge in [0.15, 0.2) is 0 Å². The lowest BCUT2D eigenvalue weighted by atomic mass is 9.87. The SMILES string of the molecule is CCCC[C@H](C)CCC(=O)N(C(=O)[C@@H](Cc1ccccc1)NC(=O)OC(C)(C)C)[C@@H](C[C@@]1(O)C=Nc2ccccc21)C(=O)N[C@@H](C)C(=O)O. The Hall–Kier alpha value is -4.58. The first-order valence-electron chi connectivity index (χ1n) is 16.8. The van der Waals surface area contributed by atoms with E-state index in [1.807, 2.05) is 6.92 Å². The van der Waals surface area contributed by atoms with Crippen molar-refractivity contribution in [1.82, 2.24) is 15.5 Å². The molecule has 1 aliphatic heterocycles. The fraction of sp³-hybridized carbons (Fsp3) is 0.514. The summed E-state index contributed by atoms with van der Waals surface area (Å²) in [6.45, 7) is 10.3. The van der Waals surface area contributed by atoms with Crippen molar-refractivity contribution in [3.05, 3.63) is 65.7 Å². The monoisotopic (exact) mass is 678 g/mol. The molecule has 1 heterocycles. The van der Waals surface area contributed by atoms with Crippen molar-refractivity contribution in [1.29, 1.82) is 0 Å². The van der Waals surface area contributed by atoms with Gasteiger partial charge >= 0.3 is 12.1 Å². The van der Waals surface area contributed by atoms with E-state index in [-0.39, 0.29) is 18.8 Å². The Morgan fingerprint density at radius 2 is 1.61 bits per heavy atom. The van der Waals surface area contributed by atoms with Crippen LogP contribution in [0, 0.1) is 5.92 Å². The van der Waals surface area contributed by atoms with Crippen molar-refractivity contribution < 1.29 is 38.9 Å². The van der Waals surface area contributed by atoms with E-state index in [2.05, 4.69) is 22.5 Å². The molecule has 0 radical (unpaired) electrons. The highest BCUT2D eigenvalue weighted by molar-refractivity contribution is 6.04. The maximum Gasteiger partial charge on any atom is 0.408 e. The molecule has 2 aromatic rings. The minimum atomic E-state index is -1.88. The number of carbonyl (C=O) groups is 5. The minimum Gasteiger partial charge on any atom is -0.480 e. The zero-order valence-corrected chi connectivity index (χ0v) is 29.3. The van der Waals surface area contributed by atoms with Gasteiger partial charge in [0.25, 0.3) is 5.91 Å². The van der Waals surface area contributed by atoms with Gasteiger partial charge in [0.05, 0.1) is 5.69 Å². The van der Waals surface area contributed by atoms with E-state index in [1.165, 1.54) is 13.1 Å². The molecule has 12 nitrogen and oxygen atoms in total. The summed E-state index contributed by atoms with van der Waals surface area (Å²) in [6, 6.07) is 11.1. The molecule has 0 saturated carbocycles. The summed E-state index contributed by atoms with van der Waals surface area (Å²) in [7, 11) is 0. The van der Waals surface area contributed by atoms with Gasteiger partial charge in [-0.3, -0.25) is 29.1 Å². The lowest BCUT2D eigenvalue weighted by molar-refractivity contribution is -0.155. The number of aliphatic imine (C=N–C) groups is 1. The van der Waals surface area contributed by atoms with Gasteiger partial charge in [-0.25, -0.2) is 4.79 Å². The quantitative estimate of drug-likeness (QED) is 0.191. The lowest BCUT2D eigenvalue weighted by Gasteiger charge is -2.36. The number of hydrogen-bond acceptors (Lipinski definition) is 8. The third kappa shape index (κ3) is 11.2. The molecule has 266 valence electrons. The van der Waals surface area contributed by atoms with Crippen LogP contribution >= 0.6 is 0 Å². The number of benzene rings is 2. The van der Waals surface area contributed by atoms with E-state index < -0.39 is 65.5 Å². The fourth-order valence-corrected chi connectivity index (χ4v) is 5.63. The average molecular weight is 679 g/mol. The van der Waals surface area contributed by atoms with Crippen LogP contribution in [-0.4, -0.2) is 74.8 Å². The molecule has 0 fully saturated rings. The summed E-state index contributed by atoms with van der Waals surface area (Å²) in [4.78, 5) is 73.0. The van der Waals surface area contributed by atoms with Crippen LogP contribution < -0.4 is 10.6 Å². The molecule has 0 aliphatic carbocycles. The Kier molecular flexibility index (Phi) is 13.6. The first kappa shape index (κ1) is 38.9. The number of unbranched alkanes of at least 4 members (excludes halogenated alkanes) is 1. The zero-order valence-electron chi connectivity index (χ0n) is 29.3. The molecular formula is C37H50N4O8. The van der Waals surface area contributed by atoms with Crippen molar-refractivity contribution in [3.8, 4) is 0 Å². The van der Waals surface area contributed by atoms with E-state index in [1.54, 1.807) is 75.4 Å². The lowest BCUT2D eigenvalue weighted by Crippen LogP contribution is -2.61. The minimum absolute atomic E-state index is 0.0516. The van der Waals surface area contributed by atoms with Gasteiger partial charge < -0.3 is 25.6 Å². The molecule has 0 saturated heterocycles. The Labute approximate surface area is 288 Å². The first-order valence-corrected chi connectivity index (χ1v) is 16.8. The van der Waals surface area contributed by atoms with Crippen molar-refractivity contribution in [2.75, 3.05) is 0 Å². The van der Waals surface area contributed by atoms with Crippen LogP contribution in [0.25, 0.3) is 0 Å². The van der Waals surface area contributed by atoms with Crippen LogP contribution in [0.15, 0.2) is 59.6 Å². The standard InChI is InChI=1S/C37H50N4O8/c1-7-8-14-24(2)19-20-31(42)41(33(44)29(21-26-15-10-9-11-16-26)40-35(47)49-36(4,5)6)30(32(43)39-25(3)34(45)46)22-37(48)23-38-28-18-13-12-17-27(28)37/h9-13,15-18,23-25,29-30,48H,7-8,14,19-22H2,1-6H3,(H,39,43)(H,40,47)(H,45,46)/t24-,25-,29+,30-,37+/m0/s1. The van der Waals surface area contributed by atoms with Crippen LogP contribution in [0.5, 0.6) is 0 Å². The molecule has 1 aliphatic rings. The van der Waals surface area contributed by atoms with Gasteiger partial charge in [-0.05, 0) is 51.7 Å². The highest BCUT2D eigenvalue weighted by Gasteiger charge is 2.46. The van der Waals surface area contributed by atoms with Gasteiger partial charge in [0.1, 0.15) is 29.3 Å². The zero-order chi connectivity index (χ0) is 36.4. The number of ether oxygens (including phenoxy) is 1. The summed E-state index contributed by atoms with van der Waals surface area (Å²) in [5.74, 6) is -3.76. The molecule has 5 atom stereocenters. The van der Waals surface area contributed by atoms with Crippen molar-refractivity contribution >= 4 is 41.7 Å². The number of nitrogens with zero attached hydrogens (tertiary/aromatic N) is 2. The molecule has 12 heteroatoms. The Balaban J connectivity index is 2.13. The summed E-state index contributed by atoms with van der Waals surface area (Å²) in [5.41, 5.74) is -1.31. The van der Waals surface area contributed by atoms with Crippen LogP contribution in [0.3, 0.4) is 0 Å². The molecule has 2 aromatic carbocycles. The Morgan fingerprint density at radius 3 is 2.24 bits per heavy atom. The molecule has 49 heavy (non-hydrogen) atoms. The number of hydrogen-bond donors (Lipinski definition) is 4. The van der Waals surface area contributed by atoms with Gasteiger partial charge in [0.2, 0.25) is 11.8 Å². The number of rotatable bonds is 16. The van der Waals surface area contributed by atoms with Gasteiger partial charge in [-0.1, -0.05) is 81.6 Å². The number of carboxylic acids is 1. The summed E-state index contributed by atoms with van der Waals surface area (Å²) in [6.07, 6.45) is 2.89. The smallest absolute Gasteiger partial charge is 0.408 e. The second kappa shape index (κ2) is 17.2. The van der Waals surface area contributed by atoms with Crippen molar-refractivity contribution in [2.24, 2.45) is 10.9 Å². The number of carboxylic acid groups (broad SMARTS) is 1. The summed E-state index contributed by atoms with van der Waals surface area (Å²) >= 11 is 0. The topological polar surface area (TPSA) is 175 Å². The molecular weight excluding hydrogens is 628 g/mol. The number of alkyl carbamates (subject to hydrolysis) is 1. The van der Waals surface area contributed by atoms with Gasteiger partial charge in [0, 0.05) is 31.0 Å². The first-order chi connectivity index (χ1) is 23.0. The fourth-order valence-electron chi connectivity index (χ4n) is 5.63. The number of imide groups is 1. The average Bonchev–Trinajstić information content (AvgIpc) is 3.37. The number of carbonyl (C=O) groups excluding carboxylic acids is 4. The Bertz CT molecular complexity index is 1510. The molecule has 0 bridgehead atoms. The predicted octanol–water partition coefficient (Wildman–Crippen LogP) is 5.04. The third-order valence-corrected chi connectivity index (χ3v) is 8.32. The number of aliphatic carboxylic acids is 1. The van der Waals surface area contributed by atoms with E-state index in [0.717, 1.165) is 24.2 Å². The molecule has 4 N–H and O–H groups in total. The molecule has 3 rings (SSSR count). The number of amides is 4. The third-order valence-electron chi connectivity index (χ3n) is 8.32. The van der Waals surface area contributed by atoms with E-state index in [0.29, 0.717) is 23.2 Å². The highest BCUT2D eigenvalue weighted by Crippen LogP contribution is 2.39. The molecule has 0 spiro atoms. The van der Waals surface area contributed by atoms with Crippen LogP contribution in [0.2, 0.25) is 0 Å². The molecule has 4 amide bonds. The maximum absolute atomic E-state index is 14.7. The highest BCUT2D eigenvalue weighted by atomic mass is 16.6. The second-order valence-corrected chi connectivity index (χ2v) is 13.8. The Morgan fingerprint density at radius 1 is 0.959 bits per heavy atom. The van der Waals surface area contributed by atoms with E-state index in [4.69, 9.17) is 4.74 Å². The molecule has 0 aromatic heterocycles. The van der Waals surface area contributed by atoms with Crippen molar-refractivity contribution in [3.63, 3.8) is 0 Å². The van der Waals surface area contributed by atoms with Crippen LogP contribution in [0.4, 0.5) is 10.5 Å². The van der Waals surface area contributed by atoms with Gasteiger partial charge in [-0.2, -0.15) is 0 Å². The number of fused-ring (bicyclic) bond motifs is 1. The van der Waals surface area contributed by atoms with E-state index >= 15 is 0 Å². The molecule has 0 unspecified atom stereocenters. The number of nitrogens with one attached hydrogen (secondary N) is 2. The summed E-state index contributed by atoms with van der Waals surface area (Å²) < 4.78 is 5.45. The van der Waals surface area contributed by atoms with Crippen LogP contribution in [0.1, 0.15) is 91.2 Å². The van der Waals surface area contributed by atoms with Gasteiger partial charge in [-0.15, -0.1) is 0 Å². The maximum atomic E-state index is 14.7. The normalized spacial score (nSPS) is 17.6. The number of para-hydroxylation sites is 1. The van der Waals surface area contributed by atoms with E-state index in [9.17, 15) is 34.2 Å².